The fourth-order valence-corrected chi connectivity index (χ4v) is 2.09. The van der Waals surface area contributed by atoms with E-state index in [1.165, 1.54) is 0 Å². The molecule has 0 saturated carbocycles. The van der Waals surface area contributed by atoms with Crippen LogP contribution in [0.1, 0.15) is 12.5 Å². The van der Waals surface area contributed by atoms with Crippen LogP contribution in [0.15, 0.2) is 30.9 Å². The van der Waals surface area contributed by atoms with E-state index in [0.717, 1.165) is 27.4 Å². The minimum absolute atomic E-state index is 0.00826. The molecule has 0 heterocycles. The summed E-state index contributed by atoms with van der Waals surface area (Å²) in [5, 5.41) is 2.33. The molecule has 0 amide bonds. The average molecular weight is 308 g/mol. The van der Waals surface area contributed by atoms with Gasteiger partial charge in [0.2, 0.25) is 0 Å². The molecule has 1 unspecified atom stereocenters. The molecule has 0 aliphatic carbocycles. The fraction of sp³-hybridized carbons (Fsp3) is 0.333. The Kier molecular flexibility index (Phi) is 4.69. The van der Waals surface area contributed by atoms with Crippen molar-refractivity contribution in [3.63, 3.8) is 0 Å². The Balaban J connectivity index is 2.97. The van der Waals surface area contributed by atoms with E-state index in [9.17, 15) is 0 Å². The smallest absolute Gasteiger partial charge is 0.0439 e. The van der Waals surface area contributed by atoms with Gasteiger partial charge in [0, 0.05) is 15.4 Å². The van der Waals surface area contributed by atoms with Crippen molar-refractivity contribution in [2.24, 2.45) is 5.41 Å². The van der Waals surface area contributed by atoms with Gasteiger partial charge in [0.25, 0.3) is 0 Å². The van der Waals surface area contributed by atoms with Gasteiger partial charge in [0.05, 0.1) is 0 Å². The van der Waals surface area contributed by atoms with Gasteiger partial charge in [0.15, 0.2) is 0 Å². The minimum atomic E-state index is 0.00826. The second-order valence-electron chi connectivity index (χ2n) is 3.90. The molecule has 82 valence electrons. The van der Waals surface area contributed by atoms with E-state index >= 15 is 0 Å². The molecule has 0 nitrogen and oxygen atoms in total. The second-order valence-corrected chi connectivity index (χ2v) is 5.31. The molecular weight excluding hydrogens is 295 g/mol. The van der Waals surface area contributed by atoms with Crippen molar-refractivity contribution in [2.75, 3.05) is 5.33 Å². The lowest BCUT2D eigenvalue weighted by Crippen LogP contribution is -2.18. The standard InChI is InChI=1S/C12H13BrCl2/c1-3-12(2,8-13)7-9-6-10(14)4-5-11(9)15/h3-6H,1,7-8H2,2H3. The van der Waals surface area contributed by atoms with Crippen LogP contribution in [0.25, 0.3) is 0 Å². The molecule has 0 saturated heterocycles. The molecular formula is C12H13BrCl2. The highest BCUT2D eigenvalue weighted by Gasteiger charge is 2.20. The quantitative estimate of drug-likeness (QED) is 0.535. The molecule has 15 heavy (non-hydrogen) atoms. The summed E-state index contributed by atoms with van der Waals surface area (Å²) >= 11 is 15.5. The zero-order chi connectivity index (χ0) is 11.5. The number of allylic oxidation sites excluding steroid dienone is 1. The molecule has 0 spiro atoms. The Morgan fingerprint density at radius 3 is 2.67 bits per heavy atom. The van der Waals surface area contributed by atoms with Crippen LogP contribution in [0.2, 0.25) is 10.0 Å². The summed E-state index contributed by atoms with van der Waals surface area (Å²) in [6.45, 7) is 5.98. The summed E-state index contributed by atoms with van der Waals surface area (Å²) in [6.07, 6.45) is 2.78. The SMILES string of the molecule is C=CC(C)(CBr)Cc1cc(Cl)ccc1Cl. The lowest BCUT2D eigenvalue weighted by Gasteiger charge is -2.23. The van der Waals surface area contributed by atoms with Crippen molar-refractivity contribution >= 4 is 39.1 Å². The third-order valence-electron chi connectivity index (χ3n) is 2.40. The molecule has 0 aromatic heterocycles. The van der Waals surface area contributed by atoms with E-state index in [-0.39, 0.29) is 5.41 Å². The zero-order valence-electron chi connectivity index (χ0n) is 8.56. The third-order valence-corrected chi connectivity index (χ3v) is 4.28. The van der Waals surface area contributed by atoms with Gasteiger partial charge >= 0.3 is 0 Å². The number of hydrogen-bond donors (Lipinski definition) is 0. The van der Waals surface area contributed by atoms with Crippen LogP contribution < -0.4 is 0 Å². The third kappa shape index (κ3) is 3.51. The summed E-state index contributed by atoms with van der Waals surface area (Å²) in [5.41, 5.74) is 1.07. The molecule has 3 heteroatoms. The maximum Gasteiger partial charge on any atom is 0.0439 e. The number of benzene rings is 1. The molecule has 1 aromatic rings. The molecule has 0 fully saturated rings. The topological polar surface area (TPSA) is 0 Å². The monoisotopic (exact) mass is 306 g/mol. The Labute approximate surface area is 109 Å². The molecule has 0 aliphatic rings. The first-order valence-electron chi connectivity index (χ1n) is 4.64. The van der Waals surface area contributed by atoms with Gasteiger partial charge in [-0.25, -0.2) is 0 Å². The molecule has 0 bridgehead atoms. The highest BCUT2D eigenvalue weighted by atomic mass is 79.9. The number of halogens is 3. The van der Waals surface area contributed by atoms with Crippen LogP contribution in [-0.2, 0) is 6.42 Å². The average Bonchev–Trinajstić information content (AvgIpc) is 2.23. The molecule has 1 rings (SSSR count). The van der Waals surface area contributed by atoms with E-state index in [2.05, 4.69) is 29.4 Å². The van der Waals surface area contributed by atoms with Crippen molar-refractivity contribution in [1.82, 2.24) is 0 Å². The van der Waals surface area contributed by atoms with Gasteiger partial charge in [-0.1, -0.05) is 52.1 Å². The van der Waals surface area contributed by atoms with Crippen LogP contribution >= 0.6 is 39.1 Å². The minimum Gasteiger partial charge on any atom is -0.102 e. The van der Waals surface area contributed by atoms with Gasteiger partial charge in [-0.05, 0) is 35.6 Å². The zero-order valence-corrected chi connectivity index (χ0v) is 11.7. The lowest BCUT2D eigenvalue weighted by molar-refractivity contribution is 0.494. The van der Waals surface area contributed by atoms with Crippen LogP contribution in [-0.4, -0.2) is 5.33 Å². The normalized spacial score (nSPS) is 14.7. The maximum absolute atomic E-state index is 6.11. The maximum atomic E-state index is 6.11. The Hall–Kier alpha value is 0.0200. The molecule has 0 aliphatic heterocycles. The first-order chi connectivity index (χ1) is 7.00. The predicted octanol–water partition coefficient (Wildman–Crippen LogP) is 5.12. The van der Waals surface area contributed by atoms with Crippen LogP contribution in [0.4, 0.5) is 0 Å². The molecule has 1 atom stereocenters. The number of hydrogen-bond acceptors (Lipinski definition) is 0. The highest BCUT2D eigenvalue weighted by Crippen LogP contribution is 2.31. The van der Waals surface area contributed by atoms with Crippen LogP contribution in [0.5, 0.6) is 0 Å². The van der Waals surface area contributed by atoms with Crippen LogP contribution in [0, 0.1) is 5.41 Å². The molecule has 0 N–H and O–H groups in total. The van der Waals surface area contributed by atoms with Gasteiger partial charge < -0.3 is 0 Å². The summed E-state index contributed by atoms with van der Waals surface area (Å²) in [4.78, 5) is 0. The van der Waals surface area contributed by atoms with E-state index in [1.807, 2.05) is 18.2 Å². The predicted molar refractivity (Wildman–Crippen MR) is 72.3 cm³/mol. The molecule has 1 aromatic carbocycles. The van der Waals surface area contributed by atoms with E-state index in [0.29, 0.717) is 0 Å². The van der Waals surface area contributed by atoms with Gasteiger partial charge in [-0.15, -0.1) is 6.58 Å². The van der Waals surface area contributed by atoms with Crippen LogP contribution in [0.3, 0.4) is 0 Å². The molecule has 0 radical (unpaired) electrons. The Morgan fingerprint density at radius 2 is 2.13 bits per heavy atom. The number of rotatable bonds is 4. The summed E-state index contributed by atoms with van der Waals surface area (Å²) < 4.78 is 0. The number of alkyl halides is 1. The second kappa shape index (κ2) is 5.38. The van der Waals surface area contributed by atoms with Crippen molar-refractivity contribution in [3.05, 3.63) is 46.5 Å². The highest BCUT2D eigenvalue weighted by molar-refractivity contribution is 9.09. The Bertz CT molecular complexity index is 363. The summed E-state index contributed by atoms with van der Waals surface area (Å²) in [6, 6.07) is 5.54. The van der Waals surface area contributed by atoms with E-state index in [4.69, 9.17) is 23.2 Å². The first kappa shape index (κ1) is 13.1. The lowest BCUT2D eigenvalue weighted by atomic mass is 9.86. The van der Waals surface area contributed by atoms with Gasteiger partial charge in [0.1, 0.15) is 0 Å². The summed E-state index contributed by atoms with van der Waals surface area (Å²) in [7, 11) is 0. The summed E-state index contributed by atoms with van der Waals surface area (Å²) in [5.74, 6) is 0. The van der Waals surface area contributed by atoms with E-state index < -0.39 is 0 Å². The Morgan fingerprint density at radius 1 is 1.47 bits per heavy atom. The van der Waals surface area contributed by atoms with Crippen molar-refractivity contribution in [2.45, 2.75) is 13.3 Å². The largest absolute Gasteiger partial charge is 0.102 e. The first-order valence-corrected chi connectivity index (χ1v) is 6.52. The van der Waals surface area contributed by atoms with Crippen molar-refractivity contribution in [3.8, 4) is 0 Å². The van der Waals surface area contributed by atoms with Crippen molar-refractivity contribution in [1.29, 1.82) is 0 Å². The van der Waals surface area contributed by atoms with E-state index in [1.54, 1.807) is 6.07 Å². The van der Waals surface area contributed by atoms with Crippen molar-refractivity contribution < 1.29 is 0 Å². The fourth-order valence-electron chi connectivity index (χ4n) is 1.29. The van der Waals surface area contributed by atoms with Gasteiger partial charge in [-0.2, -0.15) is 0 Å². The van der Waals surface area contributed by atoms with Gasteiger partial charge in [-0.3, -0.25) is 0 Å².